The molecule has 222 valence electrons. The van der Waals surface area contributed by atoms with E-state index in [-0.39, 0.29) is 5.69 Å². The van der Waals surface area contributed by atoms with Gasteiger partial charge in [0.1, 0.15) is 5.75 Å². The smallest absolute Gasteiger partial charge is 0.311 e. The molecule has 2 aromatic carbocycles. The van der Waals surface area contributed by atoms with E-state index in [4.69, 9.17) is 15.2 Å². The number of nitrogens with zero attached hydrogens (tertiary/aromatic N) is 5. The number of nitrogen functional groups attached to an aromatic ring is 1. The van der Waals surface area contributed by atoms with Crippen LogP contribution in [0.3, 0.4) is 0 Å². The fraction of sp³-hybridized carbons (Fsp3) is 0.600. The molecule has 2 aliphatic heterocycles. The van der Waals surface area contributed by atoms with E-state index >= 15 is 0 Å². The van der Waals surface area contributed by atoms with Crippen LogP contribution in [0.1, 0.15) is 40.5 Å². The van der Waals surface area contributed by atoms with Gasteiger partial charge in [0.05, 0.1) is 24.8 Å². The predicted molar refractivity (Wildman–Crippen MR) is 164 cm³/mol. The van der Waals surface area contributed by atoms with Crippen molar-refractivity contribution in [3.05, 3.63) is 46.5 Å². The molecular formula is C30H48N6O4. The zero-order valence-corrected chi connectivity index (χ0v) is 25.1. The van der Waals surface area contributed by atoms with Crippen LogP contribution in [0, 0.1) is 10.1 Å². The molecule has 2 aliphatic rings. The lowest BCUT2D eigenvalue weighted by Gasteiger charge is -2.26. The van der Waals surface area contributed by atoms with E-state index in [0.29, 0.717) is 23.5 Å². The van der Waals surface area contributed by atoms with Crippen LogP contribution in [-0.4, -0.2) is 93.4 Å². The minimum atomic E-state index is -0.411. The molecule has 0 aromatic heterocycles. The zero-order chi connectivity index (χ0) is 29.2. The van der Waals surface area contributed by atoms with Gasteiger partial charge in [0.15, 0.2) is 5.75 Å². The monoisotopic (exact) mass is 556 g/mol. The first-order valence-electron chi connectivity index (χ1n) is 14.4. The second-order valence-electron chi connectivity index (χ2n) is 11.0. The Hall–Kier alpha value is -3.24. The summed E-state index contributed by atoms with van der Waals surface area (Å²) in [6.07, 6.45) is 2.29. The Bertz CT molecular complexity index is 1100. The fourth-order valence-electron chi connectivity index (χ4n) is 5.33. The normalized spacial score (nSPS) is 17.2. The number of hydrogen-bond donors (Lipinski definition) is 1. The van der Waals surface area contributed by atoms with Gasteiger partial charge in [-0.2, -0.15) is 0 Å². The van der Waals surface area contributed by atoms with Crippen molar-refractivity contribution in [2.45, 2.75) is 52.6 Å². The number of methoxy groups -OCH3 is 2. The Morgan fingerprint density at radius 2 is 1.20 bits per heavy atom. The molecular weight excluding hydrogens is 508 g/mol. The van der Waals surface area contributed by atoms with Crippen molar-refractivity contribution >= 4 is 22.7 Å². The van der Waals surface area contributed by atoms with Gasteiger partial charge in [0.2, 0.25) is 0 Å². The van der Waals surface area contributed by atoms with Crippen molar-refractivity contribution in [1.29, 1.82) is 0 Å². The third-order valence-electron chi connectivity index (χ3n) is 7.83. The predicted octanol–water partition coefficient (Wildman–Crippen LogP) is 4.72. The van der Waals surface area contributed by atoms with Gasteiger partial charge in [-0.3, -0.25) is 19.9 Å². The molecule has 0 saturated carbocycles. The molecule has 10 nitrogen and oxygen atoms in total. The molecule has 0 bridgehead atoms. The molecule has 2 aromatic rings. The summed E-state index contributed by atoms with van der Waals surface area (Å²) >= 11 is 0. The SMILES string of the molecule is COc1cc(N2CCCN(C(C)C)CC2)ccc1N.COc1cc(N2CCCN(C(C)C)CC2)ccc1[N+](=O)[O-]. The van der Waals surface area contributed by atoms with Crippen molar-refractivity contribution < 1.29 is 14.4 Å². The van der Waals surface area contributed by atoms with Crippen LogP contribution < -0.4 is 25.0 Å². The van der Waals surface area contributed by atoms with E-state index < -0.39 is 4.92 Å². The summed E-state index contributed by atoms with van der Waals surface area (Å²) in [7, 11) is 3.13. The molecule has 2 fully saturated rings. The number of nitrogens with two attached hydrogens (primary N) is 1. The summed E-state index contributed by atoms with van der Waals surface area (Å²) in [6.45, 7) is 17.4. The van der Waals surface area contributed by atoms with E-state index in [1.54, 1.807) is 13.2 Å². The highest BCUT2D eigenvalue weighted by Gasteiger charge is 2.21. The highest BCUT2D eigenvalue weighted by atomic mass is 16.6. The number of anilines is 3. The van der Waals surface area contributed by atoms with Gasteiger partial charge >= 0.3 is 5.69 Å². The average Bonchev–Trinajstić information content (AvgIpc) is 3.35. The number of ether oxygens (including phenoxy) is 2. The van der Waals surface area contributed by atoms with E-state index in [2.05, 4.69) is 53.4 Å². The molecule has 2 heterocycles. The Kier molecular flexibility index (Phi) is 11.7. The standard InChI is InChI=1S/C15H23N3O3.C15H25N3O/c1-12(2)16-7-4-8-17(10-9-16)13-5-6-14(18(19)20)15(11-13)21-3;1-12(2)17-7-4-8-18(10-9-17)13-5-6-14(16)15(11-13)19-3/h5-6,11-12H,4,7-10H2,1-3H3;5-6,11-12H,4,7-10,16H2,1-3H3. The van der Waals surface area contributed by atoms with E-state index in [1.807, 2.05) is 18.2 Å². The number of benzene rings is 2. The number of hydrogen-bond acceptors (Lipinski definition) is 9. The van der Waals surface area contributed by atoms with E-state index in [0.717, 1.165) is 63.7 Å². The van der Waals surface area contributed by atoms with Crippen LogP contribution in [0.5, 0.6) is 11.5 Å². The Morgan fingerprint density at radius 1 is 0.725 bits per heavy atom. The topological polar surface area (TPSA) is 101 Å². The molecule has 0 atom stereocenters. The van der Waals surface area contributed by atoms with Crippen LogP contribution in [0.25, 0.3) is 0 Å². The lowest BCUT2D eigenvalue weighted by molar-refractivity contribution is -0.385. The second-order valence-corrected chi connectivity index (χ2v) is 11.0. The number of nitro benzene ring substituents is 1. The van der Waals surface area contributed by atoms with Gasteiger partial charge < -0.3 is 25.0 Å². The lowest BCUT2D eigenvalue weighted by atomic mass is 10.2. The van der Waals surface area contributed by atoms with Gasteiger partial charge in [-0.1, -0.05) is 0 Å². The van der Waals surface area contributed by atoms with Crippen molar-refractivity contribution in [3.63, 3.8) is 0 Å². The molecule has 4 rings (SSSR count). The maximum atomic E-state index is 10.9. The van der Waals surface area contributed by atoms with Gasteiger partial charge in [-0.15, -0.1) is 0 Å². The van der Waals surface area contributed by atoms with Crippen LogP contribution in [0.2, 0.25) is 0 Å². The van der Waals surface area contributed by atoms with Crippen LogP contribution >= 0.6 is 0 Å². The molecule has 40 heavy (non-hydrogen) atoms. The molecule has 0 amide bonds. The van der Waals surface area contributed by atoms with Crippen LogP contribution in [-0.2, 0) is 0 Å². The molecule has 0 radical (unpaired) electrons. The van der Waals surface area contributed by atoms with Crippen molar-refractivity contribution in [1.82, 2.24) is 9.80 Å². The number of nitro groups is 1. The van der Waals surface area contributed by atoms with Crippen molar-refractivity contribution in [2.75, 3.05) is 82.1 Å². The summed E-state index contributed by atoms with van der Waals surface area (Å²) in [5.74, 6) is 1.09. The highest BCUT2D eigenvalue weighted by Crippen LogP contribution is 2.32. The molecule has 2 saturated heterocycles. The third kappa shape index (κ3) is 8.38. The van der Waals surface area contributed by atoms with Crippen LogP contribution in [0.4, 0.5) is 22.7 Å². The quantitative estimate of drug-likeness (QED) is 0.295. The summed E-state index contributed by atoms with van der Waals surface area (Å²) in [6, 6.07) is 12.3. The third-order valence-corrected chi connectivity index (χ3v) is 7.83. The average molecular weight is 557 g/mol. The summed E-state index contributed by atoms with van der Waals surface area (Å²) < 4.78 is 10.5. The molecule has 2 N–H and O–H groups in total. The van der Waals surface area contributed by atoms with Gasteiger partial charge in [0.25, 0.3) is 0 Å². The Morgan fingerprint density at radius 3 is 1.65 bits per heavy atom. The van der Waals surface area contributed by atoms with Crippen molar-refractivity contribution in [2.24, 2.45) is 0 Å². The summed E-state index contributed by atoms with van der Waals surface area (Å²) in [5, 5.41) is 10.9. The largest absolute Gasteiger partial charge is 0.495 e. The fourth-order valence-corrected chi connectivity index (χ4v) is 5.33. The Labute approximate surface area is 239 Å². The van der Waals surface area contributed by atoms with Crippen LogP contribution in [0.15, 0.2) is 36.4 Å². The Balaban J connectivity index is 0.000000222. The minimum Gasteiger partial charge on any atom is -0.495 e. The molecule has 0 spiro atoms. The van der Waals surface area contributed by atoms with Crippen molar-refractivity contribution in [3.8, 4) is 11.5 Å². The van der Waals surface area contributed by atoms with Gasteiger partial charge in [-0.05, 0) is 58.7 Å². The molecule has 0 unspecified atom stereocenters. The second kappa shape index (κ2) is 14.9. The lowest BCUT2D eigenvalue weighted by Crippen LogP contribution is -2.35. The summed E-state index contributed by atoms with van der Waals surface area (Å²) in [4.78, 5) is 20.2. The first kappa shape index (κ1) is 31.3. The first-order chi connectivity index (χ1) is 19.1. The summed E-state index contributed by atoms with van der Waals surface area (Å²) in [5.41, 5.74) is 8.78. The molecule has 10 heteroatoms. The molecule has 0 aliphatic carbocycles. The first-order valence-corrected chi connectivity index (χ1v) is 14.4. The zero-order valence-electron chi connectivity index (χ0n) is 25.1. The maximum absolute atomic E-state index is 10.9. The van der Waals surface area contributed by atoms with Gasteiger partial charge in [0, 0.05) is 94.0 Å². The highest BCUT2D eigenvalue weighted by molar-refractivity contribution is 5.62. The van der Waals surface area contributed by atoms with E-state index in [1.165, 1.54) is 31.8 Å². The van der Waals surface area contributed by atoms with Gasteiger partial charge in [-0.25, -0.2) is 0 Å². The number of rotatable bonds is 7. The van der Waals surface area contributed by atoms with E-state index in [9.17, 15) is 10.1 Å². The minimum absolute atomic E-state index is 0.0138. The maximum Gasteiger partial charge on any atom is 0.311 e.